The molecule has 0 saturated carbocycles. The molecule has 0 spiro atoms. The summed E-state index contributed by atoms with van der Waals surface area (Å²) < 4.78 is 49.6. The van der Waals surface area contributed by atoms with E-state index in [9.17, 15) is 13.2 Å². The number of hydrogen-bond acceptors (Lipinski definition) is 3. The fraction of sp³-hybridized carbons (Fsp3) is 0.583. The number of pyridine rings is 1. The third-order valence-corrected chi connectivity index (χ3v) is 3.83. The maximum atomic E-state index is 12.7. The highest BCUT2D eigenvalue weighted by Gasteiger charge is 2.52. The van der Waals surface area contributed by atoms with Crippen LogP contribution in [-0.4, -0.2) is 23.3 Å². The van der Waals surface area contributed by atoms with Gasteiger partial charge in [0.2, 0.25) is 0 Å². The second kappa shape index (κ2) is 4.61. The highest BCUT2D eigenvalue weighted by Crippen LogP contribution is 2.37. The van der Waals surface area contributed by atoms with Gasteiger partial charge in [-0.15, -0.1) is 0 Å². The molecule has 0 radical (unpaired) electrons. The Kier molecular flexibility index (Phi) is 3.60. The molecule has 110 valence electrons. The average molecular weight is 308 g/mol. The van der Waals surface area contributed by atoms with E-state index in [4.69, 9.17) is 20.9 Å². The van der Waals surface area contributed by atoms with Crippen molar-refractivity contribution in [2.45, 2.75) is 45.1 Å². The molecular weight excluding hydrogens is 293 g/mol. The van der Waals surface area contributed by atoms with Crippen LogP contribution in [-0.2, 0) is 15.5 Å². The van der Waals surface area contributed by atoms with Gasteiger partial charge in [0.05, 0.1) is 11.2 Å². The molecule has 0 bridgehead atoms. The first-order valence-electron chi connectivity index (χ1n) is 6.03. The van der Waals surface area contributed by atoms with Crippen LogP contribution in [0.25, 0.3) is 0 Å². The van der Waals surface area contributed by atoms with Gasteiger partial charge in [-0.2, -0.15) is 13.2 Å². The fourth-order valence-electron chi connectivity index (χ4n) is 1.78. The van der Waals surface area contributed by atoms with E-state index in [1.165, 1.54) is 6.07 Å². The Morgan fingerprint density at radius 2 is 1.60 bits per heavy atom. The molecule has 0 aliphatic carbocycles. The minimum atomic E-state index is -4.57. The molecule has 3 nitrogen and oxygen atoms in total. The van der Waals surface area contributed by atoms with Gasteiger partial charge in [-0.05, 0) is 45.3 Å². The van der Waals surface area contributed by atoms with Crippen LogP contribution in [0.15, 0.2) is 12.1 Å². The zero-order valence-corrected chi connectivity index (χ0v) is 12.3. The Balaban J connectivity index is 2.38. The molecule has 2 rings (SSSR count). The second-order valence-corrected chi connectivity index (χ2v) is 6.08. The van der Waals surface area contributed by atoms with E-state index in [1.54, 1.807) is 0 Å². The van der Waals surface area contributed by atoms with Crippen molar-refractivity contribution in [3.63, 3.8) is 0 Å². The molecular formula is C12H14BClF3NO2. The number of alkyl halides is 3. The molecule has 1 aromatic heterocycles. The Morgan fingerprint density at radius 3 is 2.05 bits per heavy atom. The lowest BCUT2D eigenvalue weighted by molar-refractivity contribution is -0.141. The predicted octanol–water partition coefficient (Wildman–Crippen LogP) is 3.05. The number of rotatable bonds is 1. The van der Waals surface area contributed by atoms with Crippen molar-refractivity contribution in [3.8, 4) is 0 Å². The van der Waals surface area contributed by atoms with Gasteiger partial charge in [-0.3, -0.25) is 0 Å². The summed E-state index contributed by atoms with van der Waals surface area (Å²) in [6, 6.07) is 2.22. The predicted molar refractivity (Wildman–Crippen MR) is 70.0 cm³/mol. The number of halogens is 4. The van der Waals surface area contributed by atoms with Crippen molar-refractivity contribution >= 4 is 24.2 Å². The molecule has 0 N–H and O–H groups in total. The highest BCUT2D eigenvalue weighted by atomic mass is 35.5. The second-order valence-electron chi connectivity index (χ2n) is 5.69. The van der Waals surface area contributed by atoms with E-state index in [-0.39, 0.29) is 10.6 Å². The van der Waals surface area contributed by atoms with E-state index < -0.39 is 30.2 Å². The van der Waals surface area contributed by atoms with E-state index in [1.807, 2.05) is 27.7 Å². The number of nitrogens with zero attached hydrogens (tertiary/aromatic N) is 1. The van der Waals surface area contributed by atoms with Gasteiger partial charge in [0, 0.05) is 0 Å². The van der Waals surface area contributed by atoms with Crippen LogP contribution in [0.4, 0.5) is 13.2 Å². The zero-order chi connectivity index (χ0) is 15.3. The van der Waals surface area contributed by atoms with E-state index >= 15 is 0 Å². The van der Waals surface area contributed by atoms with Crippen LogP contribution in [0.5, 0.6) is 0 Å². The Bertz CT molecular complexity index is 518. The van der Waals surface area contributed by atoms with Crippen molar-refractivity contribution in [1.29, 1.82) is 0 Å². The summed E-state index contributed by atoms with van der Waals surface area (Å²) >= 11 is 5.65. The maximum Gasteiger partial charge on any atom is 0.495 e. The molecule has 1 aliphatic heterocycles. The number of aromatic nitrogens is 1. The van der Waals surface area contributed by atoms with Crippen LogP contribution in [0.3, 0.4) is 0 Å². The summed E-state index contributed by atoms with van der Waals surface area (Å²) in [5.74, 6) is 0. The molecule has 0 amide bonds. The lowest BCUT2D eigenvalue weighted by Crippen LogP contribution is -2.41. The minimum Gasteiger partial charge on any atom is -0.399 e. The lowest BCUT2D eigenvalue weighted by Gasteiger charge is -2.32. The first-order valence-corrected chi connectivity index (χ1v) is 6.40. The fourth-order valence-corrected chi connectivity index (χ4v) is 1.99. The first-order chi connectivity index (χ1) is 8.92. The van der Waals surface area contributed by atoms with Crippen LogP contribution >= 0.6 is 11.6 Å². The van der Waals surface area contributed by atoms with Gasteiger partial charge in [0.15, 0.2) is 0 Å². The summed E-state index contributed by atoms with van der Waals surface area (Å²) in [6.45, 7) is 7.28. The Morgan fingerprint density at radius 1 is 1.10 bits per heavy atom. The van der Waals surface area contributed by atoms with E-state index in [0.717, 1.165) is 6.07 Å². The first kappa shape index (κ1) is 15.6. The molecule has 0 unspecified atom stereocenters. The molecule has 1 saturated heterocycles. The molecule has 0 atom stereocenters. The normalized spacial score (nSPS) is 21.3. The van der Waals surface area contributed by atoms with Crippen molar-refractivity contribution < 1.29 is 22.5 Å². The molecule has 20 heavy (non-hydrogen) atoms. The largest absolute Gasteiger partial charge is 0.495 e. The Hall–Kier alpha value is -0.785. The van der Waals surface area contributed by atoms with Gasteiger partial charge in [0.25, 0.3) is 0 Å². The van der Waals surface area contributed by atoms with Crippen LogP contribution in [0, 0.1) is 0 Å². The zero-order valence-electron chi connectivity index (χ0n) is 11.5. The van der Waals surface area contributed by atoms with Crippen molar-refractivity contribution in [2.24, 2.45) is 0 Å². The maximum absolute atomic E-state index is 12.7. The van der Waals surface area contributed by atoms with Crippen LogP contribution < -0.4 is 5.46 Å². The van der Waals surface area contributed by atoms with Crippen LogP contribution in [0.1, 0.15) is 33.4 Å². The summed E-state index contributed by atoms with van der Waals surface area (Å²) in [5, 5.41) is -0.246. The molecule has 0 aromatic carbocycles. The molecule has 1 aromatic rings. The summed E-state index contributed by atoms with van der Waals surface area (Å²) in [6.07, 6.45) is -4.57. The van der Waals surface area contributed by atoms with Gasteiger partial charge < -0.3 is 9.31 Å². The van der Waals surface area contributed by atoms with E-state index in [0.29, 0.717) is 0 Å². The highest BCUT2D eigenvalue weighted by molar-refractivity contribution is 6.62. The van der Waals surface area contributed by atoms with Gasteiger partial charge >= 0.3 is 13.3 Å². The van der Waals surface area contributed by atoms with Crippen molar-refractivity contribution in [1.82, 2.24) is 4.98 Å². The van der Waals surface area contributed by atoms with Crippen LogP contribution in [0.2, 0.25) is 5.15 Å². The summed E-state index contributed by atoms with van der Waals surface area (Å²) in [4.78, 5) is 3.28. The van der Waals surface area contributed by atoms with Gasteiger partial charge in [-0.1, -0.05) is 11.6 Å². The third kappa shape index (κ3) is 2.80. The molecule has 8 heteroatoms. The average Bonchev–Trinajstić information content (AvgIpc) is 2.46. The Labute approximate surface area is 120 Å². The van der Waals surface area contributed by atoms with E-state index in [2.05, 4.69) is 4.98 Å². The van der Waals surface area contributed by atoms with Gasteiger partial charge in [-0.25, -0.2) is 4.98 Å². The SMILES string of the molecule is CC1(C)OB(c2cc(Cl)nc(C(F)(F)F)c2)OC1(C)C. The molecule has 2 heterocycles. The van der Waals surface area contributed by atoms with Crippen molar-refractivity contribution in [2.75, 3.05) is 0 Å². The number of hydrogen-bond donors (Lipinski definition) is 0. The summed E-state index contributed by atoms with van der Waals surface area (Å²) in [7, 11) is -0.901. The molecule has 1 fully saturated rings. The standard InChI is InChI=1S/C12H14BClF3NO2/c1-10(2)11(3,4)20-13(19-10)7-5-8(12(15,16)17)18-9(14)6-7/h5-6H,1-4H3. The topological polar surface area (TPSA) is 31.4 Å². The third-order valence-electron chi connectivity index (χ3n) is 3.63. The summed E-state index contributed by atoms with van der Waals surface area (Å²) in [5.41, 5.74) is -2.12. The molecule has 1 aliphatic rings. The van der Waals surface area contributed by atoms with Gasteiger partial charge in [0.1, 0.15) is 10.8 Å². The minimum absolute atomic E-state index is 0.205. The quantitative estimate of drug-likeness (QED) is 0.590. The smallest absolute Gasteiger partial charge is 0.399 e. The monoisotopic (exact) mass is 307 g/mol. The van der Waals surface area contributed by atoms with Crippen molar-refractivity contribution in [3.05, 3.63) is 23.0 Å². The lowest BCUT2D eigenvalue weighted by atomic mass is 9.79.